The molecule has 0 aromatic rings. The van der Waals surface area contributed by atoms with Crippen LogP contribution in [0.25, 0.3) is 0 Å². The van der Waals surface area contributed by atoms with Gasteiger partial charge in [0.15, 0.2) is 7.60 Å². The fourth-order valence-electron chi connectivity index (χ4n) is 2.74. The first-order valence-electron chi connectivity index (χ1n) is 8.82. The van der Waals surface area contributed by atoms with Gasteiger partial charge in [0.2, 0.25) is 0 Å². The van der Waals surface area contributed by atoms with Gasteiger partial charge in [-0.25, -0.2) is 0 Å². The number of rotatable bonds is 8. The molecule has 1 rings (SSSR count). The van der Waals surface area contributed by atoms with E-state index in [0.717, 1.165) is 24.8 Å². The molecule has 0 aromatic heterocycles. The molecule has 7 nitrogen and oxygen atoms in total. The Labute approximate surface area is 308 Å². The third-order valence-corrected chi connectivity index (χ3v) is 13.1. The smallest absolute Gasteiger partial charge is 0.798 e. The Balaban J connectivity index is -0.00000243. The fourth-order valence-corrected chi connectivity index (χ4v) is 11.5. The van der Waals surface area contributed by atoms with Gasteiger partial charge in [-0.05, 0) is 59.8 Å². The van der Waals surface area contributed by atoms with E-state index in [-0.39, 0.29) is 161 Å². The minimum Gasteiger partial charge on any atom is -0.798 e. The van der Waals surface area contributed by atoms with Crippen molar-refractivity contribution in [3.05, 3.63) is 34.9 Å². The zero-order chi connectivity index (χ0) is 20.9. The predicted octanol–water partition coefficient (Wildman–Crippen LogP) is -5.13. The zero-order valence-electron chi connectivity index (χ0n) is 19.3. The van der Waals surface area contributed by atoms with Gasteiger partial charge in [0.25, 0.3) is 0 Å². The molecule has 0 N–H and O–H groups in total. The Morgan fingerprint density at radius 3 is 1.80 bits per heavy atom. The van der Waals surface area contributed by atoms with Gasteiger partial charge in [0, 0.05) is 7.37 Å². The van der Waals surface area contributed by atoms with E-state index in [1.807, 2.05) is 0 Å². The van der Waals surface area contributed by atoms with Crippen molar-refractivity contribution in [2.24, 2.45) is 0 Å². The van der Waals surface area contributed by atoms with Crippen LogP contribution in [-0.2, 0) is 18.0 Å². The van der Waals surface area contributed by atoms with Crippen LogP contribution < -0.4 is 169 Å². The van der Waals surface area contributed by atoms with Crippen molar-refractivity contribution in [2.45, 2.75) is 65.2 Å². The molecule has 0 aliphatic carbocycles. The van der Waals surface area contributed by atoms with Gasteiger partial charge >= 0.3 is 154 Å². The molecule has 0 spiro atoms. The second kappa shape index (κ2) is 18.0. The van der Waals surface area contributed by atoms with Gasteiger partial charge < -0.3 is 28.4 Å². The Bertz CT molecular complexity index is 747. The maximum atomic E-state index is 12.0. The molecule has 0 bridgehead atoms. The first kappa shape index (κ1) is 39.2. The molecule has 1 saturated heterocycles. The van der Waals surface area contributed by atoms with Crippen molar-refractivity contribution in [1.29, 1.82) is 0 Å². The van der Waals surface area contributed by atoms with Crippen LogP contribution in [0.4, 0.5) is 0 Å². The molecule has 0 saturated carbocycles. The monoisotopic (exact) mass is 554 g/mol. The largest absolute Gasteiger partial charge is 1.00 e. The minimum atomic E-state index is -5.02. The van der Waals surface area contributed by atoms with E-state index in [2.05, 4.69) is 37.2 Å². The Hall–Kier alpha value is 4.66. The maximum Gasteiger partial charge on any atom is 1.00 e. The average Bonchev–Trinajstić information content (AvgIpc) is 2.42. The summed E-state index contributed by atoms with van der Waals surface area (Å²) in [5, 5.41) is -1.82. The number of allylic oxidation sites excluding steroid dienone is 6. The first-order chi connectivity index (χ1) is 12.3. The molecule has 13 heteroatoms. The summed E-state index contributed by atoms with van der Waals surface area (Å²) < 4.78 is 39.3. The average molecular weight is 555 g/mol. The summed E-state index contributed by atoms with van der Waals surface area (Å²) in [5.74, 6) is -1.25. The normalized spacial score (nSPS) is 31.6. The molecule has 4 unspecified atom stereocenters. The first-order valence-corrected chi connectivity index (χ1v) is 14.0. The third-order valence-electron chi connectivity index (χ3n) is 4.23. The summed E-state index contributed by atoms with van der Waals surface area (Å²) in [6.07, 6.45) is 8.93. The molecular weight excluding hydrogens is 526 g/mol. The zero-order valence-corrected chi connectivity index (χ0v) is 31.3. The van der Waals surface area contributed by atoms with E-state index in [0.29, 0.717) is 6.42 Å². The summed E-state index contributed by atoms with van der Waals surface area (Å²) in [5.41, 5.74) is 3.40. The van der Waals surface area contributed by atoms with Crippen LogP contribution in [0, 0.1) is 0 Å². The van der Waals surface area contributed by atoms with Crippen molar-refractivity contribution in [1.82, 2.24) is 0 Å². The van der Waals surface area contributed by atoms with E-state index in [4.69, 9.17) is 0 Å². The van der Waals surface area contributed by atoms with Gasteiger partial charge in [0.05, 0.1) is 11.3 Å². The van der Waals surface area contributed by atoms with Crippen LogP contribution in [0.2, 0.25) is 0 Å². The molecule has 0 amide bonds. The van der Waals surface area contributed by atoms with Crippen molar-refractivity contribution in [3.63, 3.8) is 0 Å². The molecule has 1 heterocycles. The van der Waals surface area contributed by atoms with E-state index < -0.39 is 33.9 Å². The van der Waals surface area contributed by atoms with Crippen molar-refractivity contribution in [2.75, 3.05) is 5.90 Å². The summed E-state index contributed by atoms with van der Waals surface area (Å²) in [7, 11) is -14.6. The van der Waals surface area contributed by atoms with Crippen LogP contribution in [0.5, 0.6) is 0 Å². The predicted molar refractivity (Wildman–Crippen MR) is 103 cm³/mol. The van der Waals surface area contributed by atoms with Gasteiger partial charge in [-0.3, -0.25) is 4.31 Å². The molecule has 156 valence electrons. The molecule has 0 radical (unpaired) electrons. The standard InChI is InChI=1S/C17H31O7P3.3K/c1-14(2)7-5-8-15(3)9-6-10-16(4)11-12-17-25(18,19)13-26(20,21)24-27(17,22)23;;;/h7,9,11,17H,5-6,8,10,12-13H2,1-4H3,(H,18,19)(H,20,21)(H,22,23);;;/q;3*+1/p-3/b15-9+,16-11+;;;. The van der Waals surface area contributed by atoms with Crippen molar-refractivity contribution in [3.8, 4) is 0 Å². The molecule has 1 aliphatic heterocycles. The molecule has 0 aromatic carbocycles. The summed E-state index contributed by atoms with van der Waals surface area (Å²) in [6, 6.07) is 0. The Kier molecular flexibility index (Phi) is 23.5. The van der Waals surface area contributed by atoms with Crippen molar-refractivity contribution < 1.29 is 187 Å². The summed E-state index contributed by atoms with van der Waals surface area (Å²) >= 11 is 0. The number of hydrogen-bond donors (Lipinski definition) is 0. The molecule has 4 atom stereocenters. The van der Waals surface area contributed by atoms with E-state index in [1.165, 1.54) is 17.2 Å². The van der Waals surface area contributed by atoms with Gasteiger partial charge in [-0.15, -0.1) is 0 Å². The van der Waals surface area contributed by atoms with E-state index >= 15 is 0 Å². The second-order valence-corrected chi connectivity index (χ2v) is 14.5. The molecule has 1 aliphatic rings. The SMILES string of the molecule is CC(C)=CCC/C(C)=C/CC/C(C)=C/CC1P(=O)([O-])CP(=O)([O-])OP1(=O)[O-].[K+].[K+].[K+]. The van der Waals surface area contributed by atoms with Gasteiger partial charge in [-0.2, -0.15) is 0 Å². The van der Waals surface area contributed by atoms with Crippen molar-refractivity contribution >= 4 is 22.6 Å². The minimum absolute atomic E-state index is 0. The van der Waals surface area contributed by atoms with E-state index in [9.17, 15) is 28.4 Å². The van der Waals surface area contributed by atoms with Gasteiger partial charge in [0.1, 0.15) is 7.60 Å². The molecular formula is C17H28K3O7P3. The quantitative estimate of drug-likeness (QED) is 0.167. The van der Waals surface area contributed by atoms with Crippen LogP contribution in [-0.4, -0.2) is 11.3 Å². The fraction of sp³-hybridized carbons (Fsp3) is 0.647. The molecule has 1 fully saturated rings. The van der Waals surface area contributed by atoms with Crippen LogP contribution >= 0.6 is 22.6 Å². The summed E-state index contributed by atoms with van der Waals surface area (Å²) in [4.78, 5) is 35.3. The Morgan fingerprint density at radius 1 is 0.867 bits per heavy atom. The van der Waals surface area contributed by atoms with E-state index in [1.54, 1.807) is 6.92 Å². The topological polar surface area (TPSA) is 130 Å². The van der Waals surface area contributed by atoms with Crippen LogP contribution in [0.1, 0.15) is 59.8 Å². The maximum absolute atomic E-state index is 12.0. The Morgan fingerprint density at radius 2 is 1.33 bits per heavy atom. The van der Waals surface area contributed by atoms with Crippen LogP contribution in [0.15, 0.2) is 34.9 Å². The van der Waals surface area contributed by atoms with Gasteiger partial charge in [-0.1, -0.05) is 34.9 Å². The third kappa shape index (κ3) is 15.7. The molecule has 30 heavy (non-hydrogen) atoms. The second-order valence-electron chi connectivity index (χ2n) is 7.28. The number of hydrogen-bond acceptors (Lipinski definition) is 7. The van der Waals surface area contributed by atoms with Crippen LogP contribution in [0.3, 0.4) is 0 Å². The summed E-state index contributed by atoms with van der Waals surface area (Å²) in [6.45, 7) is 7.96.